The first kappa shape index (κ1) is 16.1. The quantitative estimate of drug-likeness (QED) is 0.875. The lowest BCUT2D eigenvalue weighted by atomic mass is 9.47. The van der Waals surface area contributed by atoms with Crippen LogP contribution in [0.2, 0.25) is 0 Å². The smallest absolute Gasteiger partial charge is 0.309 e. The zero-order valence-corrected chi connectivity index (χ0v) is 14.6. The van der Waals surface area contributed by atoms with Crippen molar-refractivity contribution in [1.29, 1.82) is 0 Å². The van der Waals surface area contributed by atoms with E-state index < -0.39 is 26.9 Å². The van der Waals surface area contributed by atoms with Crippen molar-refractivity contribution in [1.82, 2.24) is 4.72 Å². The van der Waals surface area contributed by atoms with Crippen LogP contribution in [0.5, 0.6) is 0 Å². The summed E-state index contributed by atoms with van der Waals surface area (Å²) in [5.41, 5.74) is -0.319. The molecule has 4 saturated carbocycles. The van der Waals surface area contributed by atoms with Crippen LogP contribution in [-0.4, -0.2) is 25.0 Å². The molecule has 24 heavy (non-hydrogen) atoms. The summed E-state index contributed by atoms with van der Waals surface area (Å²) in [7, 11) is -3.63. The summed E-state index contributed by atoms with van der Waals surface area (Å²) in [5.74, 6) is -0.110. The molecule has 0 radical (unpaired) electrons. The predicted octanol–water partition coefficient (Wildman–Crippen LogP) is 2.70. The summed E-state index contributed by atoms with van der Waals surface area (Å²) in [6.07, 6.45) is 4.41. The first-order valence-corrected chi connectivity index (χ1v) is 10.0. The van der Waals surface area contributed by atoms with Crippen molar-refractivity contribution >= 4 is 16.0 Å². The Morgan fingerprint density at radius 1 is 1.12 bits per heavy atom. The SMILES string of the molecule is Cc1ccc(S(=O)(=O)NC23C[C@H]4C[C@@H](C2)CC(C(=O)O)(C4)C3)cc1. The molecule has 5 rings (SSSR count). The lowest BCUT2D eigenvalue weighted by Gasteiger charge is -2.60. The Morgan fingerprint density at radius 2 is 1.71 bits per heavy atom. The third-order valence-electron chi connectivity index (χ3n) is 6.20. The Hall–Kier alpha value is -1.40. The summed E-state index contributed by atoms with van der Waals surface area (Å²) in [6, 6.07) is 6.80. The van der Waals surface area contributed by atoms with Gasteiger partial charge in [-0.25, -0.2) is 13.1 Å². The molecule has 1 aromatic rings. The zero-order valence-electron chi connectivity index (χ0n) is 13.8. The topological polar surface area (TPSA) is 83.5 Å². The maximum Gasteiger partial charge on any atom is 0.309 e. The number of hydrogen-bond donors (Lipinski definition) is 2. The van der Waals surface area contributed by atoms with Gasteiger partial charge in [-0.05, 0) is 69.4 Å². The van der Waals surface area contributed by atoms with E-state index in [-0.39, 0.29) is 4.90 Å². The standard InChI is InChI=1S/C18H23NO4S/c1-12-2-4-15(5-3-12)24(22,23)19-18-9-13-6-14(10-18)8-17(7-13,11-18)16(20)21/h2-5,13-14,19H,6-11H2,1H3,(H,20,21)/t13-,14+,17?,18?. The second-order valence-electron chi connectivity index (χ2n) is 8.25. The van der Waals surface area contributed by atoms with E-state index in [1.165, 1.54) is 0 Å². The molecule has 1 aromatic carbocycles. The van der Waals surface area contributed by atoms with E-state index in [1.807, 2.05) is 6.92 Å². The van der Waals surface area contributed by atoms with Gasteiger partial charge in [0.2, 0.25) is 10.0 Å². The largest absolute Gasteiger partial charge is 0.481 e. The maximum absolute atomic E-state index is 12.8. The van der Waals surface area contributed by atoms with E-state index >= 15 is 0 Å². The average Bonchev–Trinajstić information content (AvgIpc) is 2.44. The molecule has 4 aliphatic carbocycles. The van der Waals surface area contributed by atoms with E-state index in [0.29, 0.717) is 31.1 Å². The summed E-state index contributed by atoms with van der Waals surface area (Å²) in [4.78, 5) is 12.1. The molecule has 0 amide bonds. The molecule has 6 heteroatoms. The van der Waals surface area contributed by atoms with Crippen LogP contribution >= 0.6 is 0 Å². The van der Waals surface area contributed by atoms with Gasteiger partial charge < -0.3 is 5.11 Å². The molecule has 0 aliphatic heterocycles. The molecule has 2 unspecified atom stereocenters. The van der Waals surface area contributed by atoms with E-state index in [0.717, 1.165) is 24.8 Å². The van der Waals surface area contributed by atoms with Crippen molar-refractivity contribution < 1.29 is 18.3 Å². The number of aryl methyl sites for hydroxylation is 1. The molecule has 0 saturated heterocycles. The number of nitrogens with one attached hydrogen (secondary N) is 1. The highest BCUT2D eigenvalue weighted by atomic mass is 32.2. The molecule has 0 aromatic heterocycles. The van der Waals surface area contributed by atoms with Gasteiger partial charge in [-0.1, -0.05) is 17.7 Å². The number of sulfonamides is 1. The van der Waals surface area contributed by atoms with Crippen molar-refractivity contribution in [2.24, 2.45) is 17.3 Å². The van der Waals surface area contributed by atoms with Crippen molar-refractivity contribution in [3.63, 3.8) is 0 Å². The zero-order chi connectivity index (χ0) is 17.2. The van der Waals surface area contributed by atoms with Gasteiger partial charge in [0.25, 0.3) is 0 Å². The van der Waals surface area contributed by atoms with E-state index in [9.17, 15) is 18.3 Å². The first-order chi connectivity index (χ1) is 11.2. The third kappa shape index (κ3) is 2.47. The van der Waals surface area contributed by atoms with Crippen LogP contribution in [0.1, 0.15) is 44.1 Å². The molecule has 4 fully saturated rings. The highest BCUT2D eigenvalue weighted by Crippen LogP contribution is 2.61. The van der Waals surface area contributed by atoms with Gasteiger partial charge in [0.15, 0.2) is 0 Å². The Labute approximate surface area is 142 Å². The fraction of sp³-hybridized carbons (Fsp3) is 0.611. The van der Waals surface area contributed by atoms with Crippen molar-refractivity contribution in [2.45, 2.75) is 55.9 Å². The van der Waals surface area contributed by atoms with Crippen LogP contribution in [0.15, 0.2) is 29.2 Å². The van der Waals surface area contributed by atoms with Gasteiger partial charge in [-0.2, -0.15) is 0 Å². The maximum atomic E-state index is 12.8. The number of rotatable bonds is 4. The highest BCUT2D eigenvalue weighted by Gasteiger charge is 2.61. The Bertz CT molecular complexity index is 770. The number of aliphatic carboxylic acids is 1. The molecule has 5 nitrogen and oxygen atoms in total. The average molecular weight is 349 g/mol. The number of carbonyl (C=O) groups is 1. The summed E-state index contributed by atoms with van der Waals surface area (Å²) in [5, 5.41) is 9.76. The second-order valence-corrected chi connectivity index (χ2v) is 9.93. The Kier molecular flexibility index (Phi) is 3.39. The van der Waals surface area contributed by atoms with Crippen LogP contribution < -0.4 is 4.72 Å². The Morgan fingerprint density at radius 3 is 2.25 bits per heavy atom. The van der Waals surface area contributed by atoms with Crippen LogP contribution in [0.4, 0.5) is 0 Å². The van der Waals surface area contributed by atoms with Gasteiger partial charge in [0, 0.05) is 5.54 Å². The van der Waals surface area contributed by atoms with Crippen molar-refractivity contribution in [3.8, 4) is 0 Å². The number of hydrogen-bond acceptors (Lipinski definition) is 3. The number of carboxylic acids is 1. The highest BCUT2D eigenvalue weighted by molar-refractivity contribution is 7.89. The first-order valence-electron chi connectivity index (χ1n) is 8.56. The van der Waals surface area contributed by atoms with Crippen molar-refractivity contribution in [2.75, 3.05) is 0 Å². The van der Waals surface area contributed by atoms with Gasteiger partial charge in [0.1, 0.15) is 0 Å². The number of benzene rings is 1. The van der Waals surface area contributed by atoms with E-state index in [4.69, 9.17) is 0 Å². The second kappa shape index (κ2) is 5.05. The summed E-state index contributed by atoms with van der Waals surface area (Å²) < 4.78 is 28.6. The van der Waals surface area contributed by atoms with Crippen molar-refractivity contribution in [3.05, 3.63) is 29.8 Å². The monoisotopic (exact) mass is 349 g/mol. The van der Waals surface area contributed by atoms with E-state index in [2.05, 4.69) is 4.72 Å². The van der Waals surface area contributed by atoms with Gasteiger partial charge in [0.05, 0.1) is 10.3 Å². The van der Waals surface area contributed by atoms with E-state index in [1.54, 1.807) is 24.3 Å². The van der Waals surface area contributed by atoms with Crippen LogP contribution in [0.3, 0.4) is 0 Å². The fourth-order valence-electron chi connectivity index (χ4n) is 5.69. The molecule has 4 bridgehead atoms. The van der Waals surface area contributed by atoms with Crippen LogP contribution in [0.25, 0.3) is 0 Å². The van der Waals surface area contributed by atoms with Crippen LogP contribution in [0, 0.1) is 24.2 Å². The van der Waals surface area contributed by atoms with Gasteiger partial charge >= 0.3 is 5.97 Å². The minimum atomic E-state index is -3.63. The number of carboxylic acid groups (broad SMARTS) is 1. The lowest BCUT2D eigenvalue weighted by Crippen LogP contribution is -2.64. The molecule has 2 N–H and O–H groups in total. The Balaban J connectivity index is 1.66. The van der Waals surface area contributed by atoms with Crippen LogP contribution in [-0.2, 0) is 14.8 Å². The minimum absolute atomic E-state index is 0.258. The molecule has 130 valence electrons. The van der Waals surface area contributed by atoms with Gasteiger partial charge in [-0.3, -0.25) is 4.79 Å². The summed E-state index contributed by atoms with van der Waals surface area (Å²) >= 11 is 0. The fourth-order valence-corrected chi connectivity index (χ4v) is 7.11. The molecule has 4 atom stereocenters. The predicted molar refractivity (Wildman–Crippen MR) is 89.0 cm³/mol. The minimum Gasteiger partial charge on any atom is -0.481 e. The van der Waals surface area contributed by atoms with Gasteiger partial charge in [-0.15, -0.1) is 0 Å². The normalized spacial score (nSPS) is 37.5. The lowest BCUT2D eigenvalue weighted by molar-refractivity contribution is -0.167. The molecule has 0 heterocycles. The molecular weight excluding hydrogens is 326 g/mol. The molecular formula is C18H23NO4S. The third-order valence-corrected chi connectivity index (χ3v) is 7.79. The summed E-state index contributed by atoms with van der Waals surface area (Å²) in [6.45, 7) is 1.92. The molecule has 0 spiro atoms. The molecule has 4 aliphatic rings.